The Bertz CT molecular complexity index is 195. The molecule has 0 spiro atoms. The van der Waals surface area contributed by atoms with Crippen molar-refractivity contribution >= 4 is 26.6 Å². The fourth-order valence-electron chi connectivity index (χ4n) is 0.408. The first-order chi connectivity index (χ1) is 5.29. The molecule has 1 fully saturated rings. The molecule has 4 nitrogen and oxygen atoms in total. The van der Waals surface area contributed by atoms with Crippen molar-refractivity contribution in [1.29, 1.82) is 0 Å². The molecular formula is C6H7IO4. The third-order valence-corrected chi connectivity index (χ3v) is 3.57. The average molecular weight is 270 g/mol. The van der Waals surface area contributed by atoms with Crippen molar-refractivity contribution in [3.63, 3.8) is 0 Å². The Labute approximate surface area is 72.0 Å². The second-order valence-electron chi connectivity index (χ2n) is 1.59. The van der Waals surface area contributed by atoms with E-state index in [9.17, 15) is 4.79 Å². The van der Waals surface area contributed by atoms with Crippen LogP contribution >= 0.6 is 20.6 Å². The summed E-state index contributed by atoms with van der Waals surface area (Å²) < 4.78 is 11.8. The van der Waals surface area contributed by atoms with Crippen LogP contribution in [0.25, 0.3) is 0 Å². The number of allylic oxidation sites excluding steroid dienone is 2. The number of rotatable bonds is 3. The third kappa shape index (κ3) is 3.49. The van der Waals surface area contributed by atoms with Crippen LogP contribution in [0.2, 0.25) is 0 Å². The Morgan fingerprint density at radius 1 is 1.45 bits per heavy atom. The summed E-state index contributed by atoms with van der Waals surface area (Å²) in [6, 6.07) is 0. The Hall–Kier alpha value is -0.400. The maximum atomic E-state index is 9.96. The zero-order valence-electron chi connectivity index (χ0n) is 5.57. The van der Waals surface area contributed by atoms with Crippen molar-refractivity contribution in [2.45, 2.75) is 0 Å². The zero-order valence-corrected chi connectivity index (χ0v) is 7.72. The monoisotopic (exact) mass is 270 g/mol. The van der Waals surface area contributed by atoms with Crippen LogP contribution in [0.3, 0.4) is 0 Å². The molecule has 62 valence electrons. The van der Waals surface area contributed by atoms with E-state index in [4.69, 9.17) is 11.2 Å². The second-order valence-corrected chi connectivity index (χ2v) is 4.93. The van der Waals surface area contributed by atoms with Gasteiger partial charge in [0, 0.05) is 0 Å². The predicted molar refractivity (Wildman–Crippen MR) is 47.0 cm³/mol. The molecule has 1 aliphatic rings. The molecule has 0 aliphatic carbocycles. The third-order valence-electron chi connectivity index (χ3n) is 0.830. The van der Waals surface area contributed by atoms with Crippen molar-refractivity contribution < 1.29 is 16.0 Å². The molecule has 1 N–H and O–H groups in total. The summed E-state index contributed by atoms with van der Waals surface area (Å²) in [5.41, 5.74) is 0. The maximum absolute atomic E-state index is 9.96. The molecule has 1 rings (SSSR count). The summed E-state index contributed by atoms with van der Waals surface area (Å²) in [6.45, 7) is 0.387. The van der Waals surface area contributed by atoms with Gasteiger partial charge in [-0.05, 0) is 0 Å². The van der Waals surface area contributed by atoms with Gasteiger partial charge in [0.1, 0.15) is 0 Å². The number of hydrogen-bond acceptors (Lipinski definition) is 3. The predicted octanol–water partition coefficient (Wildman–Crippen LogP) is 1.48. The zero-order chi connectivity index (χ0) is 8.10. The normalized spacial score (nSPS) is 20.9. The van der Waals surface area contributed by atoms with E-state index < -0.39 is 26.6 Å². The fourth-order valence-corrected chi connectivity index (χ4v) is 1.95. The molecule has 0 bridgehead atoms. The average Bonchev–Trinajstić information content (AvgIpc) is 1.82. The van der Waals surface area contributed by atoms with Gasteiger partial charge in [-0.3, -0.25) is 0 Å². The Balaban J connectivity index is 2.18. The molecule has 0 unspecified atom stereocenters. The molecule has 0 aromatic rings. The number of aliphatic carboxylic acids is 1. The van der Waals surface area contributed by atoms with Crippen molar-refractivity contribution in [1.82, 2.24) is 0 Å². The van der Waals surface area contributed by atoms with Gasteiger partial charge in [0.25, 0.3) is 0 Å². The number of carboxylic acids is 1. The summed E-state index contributed by atoms with van der Waals surface area (Å²) >= 11 is -1.64. The summed E-state index contributed by atoms with van der Waals surface area (Å²) in [5, 5.41) is 8.18. The number of carboxylic acid groups (broad SMARTS) is 1. The summed E-state index contributed by atoms with van der Waals surface area (Å²) in [6.07, 6.45) is 4.15. The van der Waals surface area contributed by atoms with Crippen molar-refractivity contribution in [3.8, 4) is 0 Å². The summed E-state index contributed by atoms with van der Waals surface area (Å²) in [5.74, 6) is -0.950. The van der Waals surface area contributed by atoms with E-state index >= 15 is 0 Å². The number of halogens is 1. The molecule has 0 amide bonds. The van der Waals surface area contributed by atoms with Gasteiger partial charge in [-0.25, -0.2) is 0 Å². The standard InChI is InChI=1S/C6H7IO4/c8-6(9)3-1-2-4-7-10-5-11-7/h1-4H,5H2,(H,8,9)/b3-1+,4-2+. The van der Waals surface area contributed by atoms with Gasteiger partial charge in [-0.15, -0.1) is 0 Å². The van der Waals surface area contributed by atoms with Gasteiger partial charge in [0.15, 0.2) is 0 Å². The van der Waals surface area contributed by atoms with E-state index in [-0.39, 0.29) is 0 Å². The molecule has 0 aromatic carbocycles. The first-order valence-corrected chi connectivity index (χ1v) is 5.83. The SMILES string of the molecule is O=C(O)/C=C/C=C/I1OCO1. The Morgan fingerprint density at radius 2 is 2.18 bits per heavy atom. The molecule has 11 heavy (non-hydrogen) atoms. The number of hydrogen-bond donors (Lipinski definition) is 1. The molecule has 5 heteroatoms. The minimum atomic E-state index is -1.64. The van der Waals surface area contributed by atoms with Gasteiger partial charge in [-0.2, -0.15) is 0 Å². The van der Waals surface area contributed by atoms with Crippen LogP contribution in [-0.2, 0) is 10.9 Å². The van der Waals surface area contributed by atoms with E-state index in [0.29, 0.717) is 6.79 Å². The molecule has 1 aliphatic heterocycles. The van der Waals surface area contributed by atoms with Crippen molar-refractivity contribution in [2.75, 3.05) is 6.79 Å². The van der Waals surface area contributed by atoms with Gasteiger partial charge in [0.2, 0.25) is 0 Å². The molecule has 1 heterocycles. The van der Waals surface area contributed by atoms with Crippen LogP contribution in [0.4, 0.5) is 0 Å². The van der Waals surface area contributed by atoms with Crippen LogP contribution in [0.5, 0.6) is 0 Å². The molecule has 1 saturated heterocycles. The van der Waals surface area contributed by atoms with Crippen LogP contribution in [0.1, 0.15) is 0 Å². The van der Waals surface area contributed by atoms with Crippen LogP contribution in [-0.4, -0.2) is 17.9 Å². The molecule has 0 saturated carbocycles. The van der Waals surface area contributed by atoms with Crippen LogP contribution in [0, 0.1) is 0 Å². The quantitative estimate of drug-likeness (QED) is 0.479. The first kappa shape index (κ1) is 8.69. The van der Waals surface area contributed by atoms with E-state index in [1.54, 1.807) is 10.2 Å². The van der Waals surface area contributed by atoms with Gasteiger partial charge in [0.05, 0.1) is 0 Å². The van der Waals surface area contributed by atoms with Gasteiger partial charge < -0.3 is 0 Å². The van der Waals surface area contributed by atoms with Crippen LogP contribution < -0.4 is 0 Å². The topological polar surface area (TPSA) is 55.8 Å². The molecule has 0 atom stereocenters. The van der Waals surface area contributed by atoms with E-state index in [1.807, 2.05) is 0 Å². The fraction of sp³-hybridized carbons (Fsp3) is 0.167. The molecule has 0 radical (unpaired) electrons. The van der Waals surface area contributed by atoms with E-state index in [2.05, 4.69) is 0 Å². The van der Waals surface area contributed by atoms with Crippen LogP contribution in [0.15, 0.2) is 22.3 Å². The Morgan fingerprint density at radius 3 is 2.64 bits per heavy atom. The summed E-state index contributed by atoms with van der Waals surface area (Å²) in [4.78, 5) is 9.96. The van der Waals surface area contributed by atoms with Crippen molar-refractivity contribution in [2.24, 2.45) is 0 Å². The van der Waals surface area contributed by atoms with Gasteiger partial charge >= 0.3 is 71.8 Å². The number of carbonyl (C=O) groups is 1. The van der Waals surface area contributed by atoms with E-state index in [0.717, 1.165) is 6.08 Å². The molecular weight excluding hydrogens is 263 g/mol. The minimum absolute atomic E-state index is 0.387. The Kier molecular flexibility index (Phi) is 3.53. The van der Waals surface area contributed by atoms with Crippen molar-refractivity contribution in [3.05, 3.63) is 22.3 Å². The summed E-state index contributed by atoms with van der Waals surface area (Å²) in [7, 11) is 0. The van der Waals surface area contributed by atoms with Gasteiger partial charge in [-0.1, -0.05) is 0 Å². The first-order valence-electron chi connectivity index (χ1n) is 2.82. The van der Waals surface area contributed by atoms with E-state index in [1.165, 1.54) is 6.08 Å². The second kappa shape index (κ2) is 4.47. The molecule has 0 aromatic heterocycles.